The molecule has 18 heavy (non-hydrogen) atoms. The molecular formula is C13H13ClN2O2. The molecule has 1 aromatic carbocycles. The van der Waals surface area contributed by atoms with Crippen LogP contribution in [0.3, 0.4) is 0 Å². The van der Waals surface area contributed by atoms with Gasteiger partial charge in [0.05, 0.1) is 0 Å². The van der Waals surface area contributed by atoms with Crippen molar-refractivity contribution in [3.8, 4) is 0 Å². The van der Waals surface area contributed by atoms with Crippen molar-refractivity contribution in [3.63, 3.8) is 0 Å². The summed E-state index contributed by atoms with van der Waals surface area (Å²) >= 11 is 6.18. The molecule has 1 N–H and O–H groups in total. The lowest BCUT2D eigenvalue weighted by atomic mass is 9.90. The number of halogens is 1. The number of alkyl halides is 1. The monoisotopic (exact) mass is 264 g/mol. The molecule has 3 fully saturated rings. The number of piperazine rings is 1. The topological polar surface area (TPSA) is 49.4 Å². The Morgan fingerprint density at radius 2 is 2.06 bits per heavy atom. The minimum absolute atomic E-state index is 0.146. The van der Waals surface area contributed by atoms with E-state index in [1.54, 1.807) is 4.90 Å². The summed E-state index contributed by atoms with van der Waals surface area (Å²) in [6.07, 6.45) is 1.14. The van der Waals surface area contributed by atoms with E-state index in [1.165, 1.54) is 0 Å². The Bertz CT molecular complexity index is 505. The van der Waals surface area contributed by atoms with E-state index in [9.17, 15) is 9.59 Å². The highest BCUT2D eigenvalue weighted by molar-refractivity contribution is 6.37. The van der Waals surface area contributed by atoms with E-state index >= 15 is 0 Å². The van der Waals surface area contributed by atoms with Crippen LogP contribution in [0.2, 0.25) is 0 Å². The van der Waals surface area contributed by atoms with Crippen molar-refractivity contribution in [2.24, 2.45) is 0 Å². The molecule has 0 saturated carbocycles. The number of piperidine rings is 2. The molecule has 5 heteroatoms. The molecule has 2 bridgehead atoms. The highest BCUT2D eigenvalue weighted by Gasteiger charge is 2.54. The fraction of sp³-hybridized carbons (Fsp3) is 0.385. The van der Waals surface area contributed by atoms with Crippen LogP contribution in [-0.2, 0) is 16.1 Å². The second kappa shape index (κ2) is 3.99. The second-order valence-corrected chi connectivity index (χ2v) is 5.41. The zero-order valence-corrected chi connectivity index (χ0v) is 10.5. The van der Waals surface area contributed by atoms with Gasteiger partial charge in [-0.3, -0.25) is 9.59 Å². The van der Waals surface area contributed by atoms with E-state index in [4.69, 9.17) is 11.6 Å². The summed E-state index contributed by atoms with van der Waals surface area (Å²) in [5.41, 5.74) is 1.01. The van der Waals surface area contributed by atoms with Crippen molar-refractivity contribution in [1.82, 2.24) is 10.2 Å². The number of carbonyl (C=O) groups is 2. The van der Waals surface area contributed by atoms with Gasteiger partial charge in [-0.15, -0.1) is 0 Å². The van der Waals surface area contributed by atoms with Gasteiger partial charge >= 0.3 is 0 Å². The maximum Gasteiger partial charge on any atom is 0.264 e. The van der Waals surface area contributed by atoms with Gasteiger partial charge in [-0.2, -0.15) is 0 Å². The van der Waals surface area contributed by atoms with Crippen LogP contribution in [0.1, 0.15) is 18.4 Å². The fourth-order valence-electron chi connectivity index (χ4n) is 2.60. The third-order valence-corrected chi connectivity index (χ3v) is 4.00. The van der Waals surface area contributed by atoms with Gasteiger partial charge in [0.25, 0.3) is 5.91 Å². The number of amides is 2. The lowest BCUT2D eigenvalue weighted by Crippen LogP contribution is -2.71. The van der Waals surface area contributed by atoms with E-state index < -0.39 is 5.00 Å². The maximum atomic E-state index is 12.2. The fourth-order valence-corrected chi connectivity index (χ4v) is 2.91. The number of nitrogens with zero attached hydrogens (tertiary/aromatic N) is 1. The van der Waals surface area contributed by atoms with E-state index in [0.717, 1.165) is 5.56 Å². The van der Waals surface area contributed by atoms with Gasteiger partial charge in [0.15, 0.2) is 5.00 Å². The molecule has 0 aromatic heterocycles. The van der Waals surface area contributed by atoms with Gasteiger partial charge < -0.3 is 10.2 Å². The summed E-state index contributed by atoms with van der Waals surface area (Å²) < 4.78 is 0. The van der Waals surface area contributed by atoms with Crippen molar-refractivity contribution >= 4 is 23.4 Å². The smallest absolute Gasteiger partial charge is 0.264 e. The molecule has 2 unspecified atom stereocenters. The molecule has 4 nitrogen and oxygen atoms in total. The minimum atomic E-state index is -1.22. The van der Waals surface area contributed by atoms with E-state index in [-0.39, 0.29) is 17.9 Å². The molecule has 0 aliphatic carbocycles. The van der Waals surface area contributed by atoms with Gasteiger partial charge in [0, 0.05) is 6.54 Å². The summed E-state index contributed by atoms with van der Waals surface area (Å²) in [5, 5.41) is 2.59. The summed E-state index contributed by atoms with van der Waals surface area (Å²) in [5.74, 6) is -0.337. The molecule has 3 aliphatic rings. The number of benzene rings is 1. The Balaban J connectivity index is 1.88. The third-order valence-electron chi connectivity index (χ3n) is 3.56. The van der Waals surface area contributed by atoms with Crippen LogP contribution in [0.25, 0.3) is 0 Å². The molecule has 3 aliphatic heterocycles. The first kappa shape index (κ1) is 11.5. The largest absolute Gasteiger partial charge is 0.328 e. The molecule has 2 amide bonds. The zero-order chi connectivity index (χ0) is 12.8. The summed E-state index contributed by atoms with van der Waals surface area (Å²) in [4.78, 5) is 24.4. The summed E-state index contributed by atoms with van der Waals surface area (Å²) in [6.45, 7) is 0.437. The highest BCUT2D eigenvalue weighted by atomic mass is 35.5. The summed E-state index contributed by atoms with van der Waals surface area (Å²) in [6, 6.07) is 9.25. The number of hydrogen-bond acceptors (Lipinski definition) is 2. The average Bonchev–Trinajstić information content (AvgIpc) is 2.36. The zero-order valence-electron chi connectivity index (χ0n) is 9.73. The number of nitrogens with one attached hydrogen (secondary N) is 1. The first-order chi connectivity index (χ1) is 8.60. The van der Waals surface area contributed by atoms with Crippen LogP contribution >= 0.6 is 11.6 Å². The van der Waals surface area contributed by atoms with Crippen LogP contribution in [0.5, 0.6) is 0 Å². The summed E-state index contributed by atoms with van der Waals surface area (Å²) in [7, 11) is 0. The molecule has 3 heterocycles. The van der Waals surface area contributed by atoms with E-state index in [0.29, 0.717) is 19.4 Å². The van der Waals surface area contributed by atoms with Gasteiger partial charge in [0.1, 0.15) is 6.04 Å². The molecule has 4 rings (SSSR count). The molecule has 0 spiro atoms. The first-order valence-electron chi connectivity index (χ1n) is 5.96. The highest BCUT2D eigenvalue weighted by Crippen LogP contribution is 2.36. The van der Waals surface area contributed by atoms with Crippen LogP contribution < -0.4 is 5.32 Å². The van der Waals surface area contributed by atoms with Gasteiger partial charge in [-0.25, -0.2) is 0 Å². The Morgan fingerprint density at radius 1 is 1.33 bits per heavy atom. The molecule has 2 atom stereocenters. The number of rotatable bonds is 2. The van der Waals surface area contributed by atoms with Crippen LogP contribution in [-0.4, -0.2) is 27.8 Å². The lowest BCUT2D eigenvalue weighted by molar-refractivity contribution is -0.157. The van der Waals surface area contributed by atoms with Crippen molar-refractivity contribution in [2.75, 3.05) is 0 Å². The van der Waals surface area contributed by atoms with Crippen molar-refractivity contribution < 1.29 is 9.59 Å². The van der Waals surface area contributed by atoms with E-state index in [1.807, 2.05) is 30.3 Å². The number of carbonyl (C=O) groups excluding carboxylic acids is 2. The Kier molecular flexibility index (Phi) is 2.55. The number of hydrogen-bond donors (Lipinski definition) is 1. The van der Waals surface area contributed by atoms with Gasteiger partial charge in [-0.1, -0.05) is 41.9 Å². The number of fused-ring (bicyclic) bond motifs is 3. The first-order valence-corrected chi connectivity index (χ1v) is 6.34. The minimum Gasteiger partial charge on any atom is -0.328 e. The molecular weight excluding hydrogens is 252 g/mol. The van der Waals surface area contributed by atoms with Crippen LogP contribution in [0.15, 0.2) is 30.3 Å². The Labute approximate surface area is 110 Å². The average molecular weight is 265 g/mol. The Hall–Kier alpha value is -1.55. The van der Waals surface area contributed by atoms with Gasteiger partial charge in [0.2, 0.25) is 5.91 Å². The van der Waals surface area contributed by atoms with Gasteiger partial charge in [-0.05, 0) is 18.4 Å². The third kappa shape index (κ3) is 1.68. The maximum absolute atomic E-state index is 12.2. The molecule has 94 valence electrons. The predicted octanol–water partition coefficient (Wildman–Crippen LogP) is 1.24. The normalized spacial score (nSPS) is 30.5. The molecule has 0 radical (unpaired) electrons. The predicted molar refractivity (Wildman–Crippen MR) is 66.7 cm³/mol. The lowest BCUT2D eigenvalue weighted by Gasteiger charge is -2.48. The Morgan fingerprint density at radius 3 is 2.72 bits per heavy atom. The van der Waals surface area contributed by atoms with Crippen LogP contribution in [0, 0.1) is 0 Å². The van der Waals surface area contributed by atoms with Crippen molar-refractivity contribution in [3.05, 3.63) is 35.9 Å². The van der Waals surface area contributed by atoms with Crippen LogP contribution in [0.4, 0.5) is 0 Å². The standard InChI is InChI=1S/C13H13ClN2O2/c14-13-7-6-10(11(17)15-13)16(12(13)18)8-9-4-2-1-3-5-9/h1-5,10H,6-8H2,(H,15,17). The van der Waals surface area contributed by atoms with E-state index in [2.05, 4.69) is 5.32 Å². The molecule has 3 saturated heterocycles. The second-order valence-electron chi connectivity index (χ2n) is 4.76. The SMILES string of the molecule is O=C1NC2(Cl)CCC1N(Cc1ccccc1)C2=O. The van der Waals surface area contributed by atoms with Crippen molar-refractivity contribution in [1.29, 1.82) is 0 Å². The van der Waals surface area contributed by atoms with Crippen molar-refractivity contribution in [2.45, 2.75) is 30.4 Å². The quantitative estimate of drug-likeness (QED) is 0.645. The molecule has 1 aromatic rings.